The van der Waals surface area contributed by atoms with E-state index in [4.69, 9.17) is 4.74 Å². The van der Waals surface area contributed by atoms with Crippen molar-refractivity contribution in [2.45, 2.75) is 62.1 Å². The van der Waals surface area contributed by atoms with E-state index in [9.17, 15) is 22.4 Å². The fourth-order valence-corrected chi connectivity index (χ4v) is 7.15. The lowest BCUT2D eigenvalue weighted by Gasteiger charge is -2.32. The second-order valence-corrected chi connectivity index (χ2v) is 13.0. The third-order valence-corrected chi connectivity index (χ3v) is 9.96. The molecule has 10 heteroatoms. The molecule has 0 aliphatic carbocycles. The first-order valence-electron chi connectivity index (χ1n) is 14.9. The van der Waals surface area contributed by atoms with Gasteiger partial charge in [-0.1, -0.05) is 54.6 Å². The topological polar surface area (TPSA) is 96.0 Å². The van der Waals surface area contributed by atoms with Crippen LogP contribution in [-0.2, 0) is 37.3 Å². The second kappa shape index (κ2) is 14.2. The Labute approximate surface area is 252 Å². The van der Waals surface area contributed by atoms with Gasteiger partial charge in [0.15, 0.2) is 0 Å². The van der Waals surface area contributed by atoms with Crippen LogP contribution >= 0.6 is 0 Å². The number of rotatable bonds is 12. The lowest BCUT2D eigenvalue weighted by atomic mass is 10.0. The molecular formula is C33H38FN3O5S. The zero-order valence-electron chi connectivity index (χ0n) is 24.2. The predicted octanol–water partition coefficient (Wildman–Crippen LogP) is 4.61. The first-order valence-corrected chi connectivity index (χ1v) is 16.3. The summed E-state index contributed by atoms with van der Waals surface area (Å²) in [5.74, 6) is -0.946. The van der Waals surface area contributed by atoms with Crippen molar-refractivity contribution in [3.8, 4) is 0 Å². The van der Waals surface area contributed by atoms with Gasteiger partial charge in [0.05, 0.1) is 11.0 Å². The van der Waals surface area contributed by atoms with Crippen LogP contribution in [0.4, 0.5) is 4.39 Å². The molecular weight excluding hydrogens is 569 g/mol. The largest absolute Gasteiger partial charge is 0.376 e. The molecule has 1 N–H and O–H groups in total. The molecule has 2 aliphatic rings. The maximum atomic E-state index is 13.9. The normalized spacial score (nSPS) is 17.9. The fourth-order valence-electron chi connectivity index (χ4n) is 5.64. The highest BCUT2D eigenvalue weighted by Crippen LogP contribution is 2.26. The Hall–Kier alpha value is -3.60. The van der Waals surface area contributed by atoms with Gasteiger partial charge in [0.1, 0.15) is 11.9 Å². The van der Waals surface area contributed by atoms with Gasteiger partial charge in [-0.25, -0.2) is 12.8 Å². The van der Waals surface area contributed by atoms with Crippen LogP contribution < -0.4 is 5.32 Å². The van der Waals surface area contributed by atoms with Crippen molar-refractivity contribution in [1.82, 2.24) is 14.5 Å². The quantitative estimate of drug-likeness (QED) is 0.325. The molecule has 2 amide bonds. The standard InChI is InChI=1S/C33H38FN3O5S/c34-28-15-10-26(11-16-28)24-37(32(27-7-2-1-3-8-27)33(39)35-23-29-9-6-22-42-29)31(38)19-14-25-12-17-30(18-13-25)43(40,41)36-20-4-5-21-36/h1-3,7-8,10-13,15-18,29,32H,4-6,9,14,19-24H2,(H,35,39). The number of ether oxygens (including phenoxy) is 1. The van der Waals surface area contributed by atoms with Gasteiger partial charge in [0, 0.05) is 39.2 Å². The summed E-state index contributed by atoms with van der Waals surface area (Å²) in [7, 11) is -3.52. The van der Waals surface area contributed by atoms with E-state index < -0.39 is 16.1 Å². The van der Waals surface area contributed by atoms with Crippen LogP contribution in [0.25, 0.3) is 0 Å². The van der Waals surface area contributed by atoms with E-state index >= 15 is 0 Å². The molecule has 0 saturated carbocycles. The number of carbonyl (C=O) groups is 2. The lowest BCUT2D eigenvalue weighted by Crippen LogP contribution is -2.45. The van der Waals surface area contributed by atoms with Crippen molar-refractivity contribution in [2.24, 2.45) is 0 Å². The molecule has 0 aromatic heterocycles. The number of hydrogen-bond acceptors (Lipinski definition) is 5. The Morgan fingerprint density at radius 1 is 0.930 bits per heavy atom. The molecule has 228 valence electrons. The number of nitrogens with zero attached hydrogens (tertiary/aromatic N) is 2. The van der Waals surface area contributed by atoms with Gasteiger partial charge in [-0.05, 0) is 73.1 Å². The van der Waals surface area contributed by atoms with Crippen LogP contribution in [-0.4, -0.2) is 61.8 Å². The van der Waals surface area contributed by atoms with E-state index in [1.807, 2.05) is 30.3 Å². The number of nitrogens with one attached hydrogen (secondary N) is 1. The molecule has 43 heavy (non-hydrogen) atoms. The number of hydrogen-bond donors (Lipinski definition) is 1. The Bertz CT molecular complexity index is 1470. The zero-order chi connectivity index (χ0) is 30.2. The molecule has 3 aromatic rings. The number of aryl methyl sites for hydroxylation is 1. The maximum Gasteiger partial charge on any atom is 0.247 e. The van der Waals surface area contributed by atoms with Gasteiger partial charge in [-0.15, -0.1) is 0 Å². The molecule has 0 bridgehead atoms. The summed E-state index contributed by atoms with van der Waals surface area (Å²) in [5, 5.41) is 2.99. The fraction of sp³-hybridized carbons (Fsp3) is 0.394. The minimum atomic E-state index is -3.52. The van der Waals surface area contributed by atoms with E-state index in [0.717, 1.165) is 31.2 Å². The highest BCUT2D eigenvalue weighted by Gasteiger charge is 2.32. The van der Waals surface area contributed by atoms with Gasteiger partial charge < -0.3 is 15.0 Å². The Morgan fingerprint density at radius 2 is 1.60 bits per heavy atom. The van der Waals surface area contributed by atoms with E-state index in [0.29, 0.717) is 43.8 Å². The zero-order valence-corrected chi connectivity index (χ0v) is 25.0. The SMILES string of the molecule is O=C(NCC1CCCO1)C(c1ccccc1)N(Cc1ccc(F)cc1)C(=O)CCc1ccc(S(=O)(=O)N2CCCC2)cc1. The Balaban J connectivity index is 1.35. The Morgan fingerprint density at radius 3 is 2.26 bits per heavy atom. The van der Waals surface area contributed by atoms with Crippen LogP contribution in [0, 0.1) is 5.82 Å². The molecule has 2 atom stereocenters. The number of halogens is 1. The molecule has 2 saturated heterocycles. The lowest BCUT2D eigenvalue weighted by molar-refractivity contribution is -0.141. The van der Waals surface area contributed by atoms with Crippen LogP contribution in [0.15, 0.2) is 83.8 Å². The highest BCUT2D eigenvalue weighted by molar-refractivity contribution is 7.89. The monoisotopic (exact) mass is 607 g/mol. The van der Waals surface area contributed by atoms with Crippen molar-refractivity contribution < 1.29 is 27.1 Å². The average Bonchev–Trinajstić information content (AvgIpc) is 3.76. The van der Waals surface area contributed by atoms with Crippen molar-refractivity contribution in [1.29, 1.82) is 0 Å². The molecule has 3 aromatic carbocycles. The average molecular weight is 608 g/mol. The van der Waals surface area contributed by atoms with Gasteiger partial charge in [0.25, 0.3) is 0 Å². The minimum Gasteiger partial charge on any atom is -0.376 e. The molecule has 2 fully saturated rings. The van der Waals surface area contributed by atoms with Gasteiger partial charge >= 0.3 is 0 Å². The van der Waals surface area contributed by atoms with E-state index in [1.165, 1.54) is 16.4 Å². The summed E-state index contributed by atoms with van der Waals surface area (Å²) in [6, 6.07) is 20.8. The van der Waals surface area contributed by atoms with E-state index in [2.05, 4.69) is 5.32 Å². The number of benzene rings is 3. The molecule has 2 heterocycles. The third-order valence-electron chi connectivity index (χ3n) is 8.04. The molecule has 0 radical (unpaired) electrons. The van der Waals surface area contributed by atoms with Crippen molar-refractivity contribution >= 4 is 21.8 Å². The van der Waals surface area contributed by atoms with Gasteiger partial charge in [-0.3, -0.25) is 9.59 Å². The summed E-state index contributed by atoms with van der Waals surface area (Å²) >= 11 is 0. The molecule has 2 aliphatic heterocycles. The van der Waals surface area contributed by atoms with Crippen LogP contribution in [0.3, 0.4) is 0 Å². The number of carbonyl (C=O) groups excluding carboxylic acids is 2. The third kappa shape index (κ3) is 7.87. The Kier molecular flexibility index (Phi) is 10.2. The van der Waals surface area contributed by atoms with Gasteiger partial charge in [0.2, 0.25) is 21.8 Å². The van der Waals surface area contributed by atoms with E-state index in [-0.39, 0.29) is 41.6 Å². The molecule has 2 unspecified atom stereocenters. The maximum absolute atomic E-state index is 13.9. The van der Waals surface area contributed by atoms with Crippen LogP contribution in [0.5, 0.6) is 0 Å². The first kappa shape index (κ1) is 30.8. The smallest absolute Gasteiger partial charge is 0.247 e. The van der Waals surface area contributed by atoms with Gasteiger partial charge in [-0.2, -0.15) is 4.31 Å². The van der Waals surface area contributed by atoms with E-state index in [1.54, 1.807) is 41.3 Å². The predicted molar refractivity (Wildman–Crippen MR) is 161 cm³/mol. The summed E-state index contributed by atoms with van der Waals surface area (Å²) in [4.78, 5) is 29.4. The minimum absolute atomic E-state index is 0.0566. The summed E-state index contributed by atoms with van der Waals surface area (Å²) in [5.41, 5.74) is 2.17. The van der Waals surface area contributed by atoms with Crippen molar-refractivity contribution in [3.05, 3.63) is 101 Å². The van der Waals surface area contributed by atoms with Crippen molar-refractivity contribution in [2.75, 3.05) is 26.2 Å². The molecule has 5 rings (SSSR count). The highest BCUT2D eigenvalue weighted by atomic mass is 32.2. The molecule has 0 spiro atoms. The van der Waals surface area contributed by atoms with Crippen LogP contribution in [0.1, 0.15) is 54.8 Å². The second-order valence-electron chi connectivity index (χ2n) is 11.1. The summed E-state index contributed by atoms with van der Waals surface area (Å²) in [6.07, 6.45) is 3.95. The summed E-state index contributed by atoms with van der Waals surface area (Å²) < 4.78 is 46.7. The summed E-state index contributed by atoms with van der Waals surface area (Å²) in [6.45, 7) is 2.20. The first-order chi connectivity index (χ1) is 20.8. The number of sulfonamides is 1. The molecule has 8 nitrogen and oxygen atoms in total. The van der Waals surface area contributed by atoms with Crippen LogP contribution in [0.2, 0.25) is 0 Å². The van der Waals surface area contributed by atoms with Crippen molar-refractivity contribution in [3.63, 3.8) is 0 Å². The number of amides is 2.